The Morgan fingerprint density at radius 2 is 1.42 bits per heavy atom. The molecule has 0 bridgehead atoms. The van der Waals surface area contributed by atoms with Crippen molar-refractivity contribution in [1.82, 2.24) is 0 Å². The van der Waals surface area contributed by atoms with Crippen LogP contribution in [0, 0.1) is 0 Å². The van der Waals surface area contributed by atoms with Crippen LogP contribution < -0.4 is 23.8 Å². The van der Waals surface area contributed by atoms with E-state index in [1.54, 1.807) is 28.4 Å². The number of rotatable bonds is 6. The van der Waals surface area contributed by atoms with Crippen LogP contribution in [0.4, 0.5) is 0 Å². The molecule has 1 N–H and O–H groups in total. The second kappa shape index (κ2) is 7.70. The fourth-order valence-electron chi connectivity index (χ4n) is 3.45. The molecule has 1 aliphatic heterocycles. The standard InChI is InChI=1S/C21H25NO4/c1-22-9-8-15-12-20(25-4)21(26-5)13-16(15)17(22)10-14-6-7-18(23-2)19(11-14)24-3/h6-9,11-13,17H,10H2,1-5H3/p+1. The summed E-state index contributed by atoms with van der Waals surface area (Å²) in [5, 5.41) is 0. The fourth-order valence-corrected chi connectivity index (χ4v) is 3.45. The maximum Gasteiger partial charge on any atom is 0.161 e. The minimum Gasteiger partial charge on any atom is -0.493 e. The van der Waals surface area contributed by atoms with Gasteiger partial charge in [-0.25, -0.2) is 0 Å². The molecule has 0 aliphatic carbocycles. The SMILES string of the molecule is COc1ccc(CC2c3cc(OC)c(OC)cc3C=C[NH+]2C)cc1OC. The van der Waals surface area contributed by atoms with Gasteiger partial charge in [-0.05, 0) is 41.5 Å². The summed E-state index contributed by atoms with van der Waals surface area (Å²) in [7, 11) is 8.81. The van der Waals surface area contributed by atoms with Crippen molar-refractivity contribution in [3.63, 3.8) is 0 Å². The molecule has 0 saturated heterocycles. The normalized spacial score (nSPS) is 18.2. The van der Waals surface area contributed by atoms with E-state index in [2.05, 4.69) is 31.5 Å². The van der Waals surface area contributed by atoms with Crippen molar-refractivity contribution in [1.29, 1.82) is 0 Å². The Morgan fingerprint density at radius 3 is 2.08 bits per heavy atom. The number of fused-ring (bicyclic) bond motifs is 1. The average molecular weight is 356 g/mol. The maximum atomic E-state index is 5.51. The first-order chi connectivity index (χ1) is 12.6. The van der Waals surface area contributed by atoms with Gasteiger partial charge in [0, 0.05) is 12.0 Å². The summed E-state index contributed by atoms with van der Waals surface area (Å²) >= 11 is 0. The Labute approximate surface area is 154 Å². The summed E-state index contributed by atoms with van der Waals surface area (Å²) in [6.45, 7) is 0. The van der Waals surface area contributed by atoms with Crippen LogP contribution >= 0.6 is 0 Å². The summed E-state index contributed by atoms with van der Waals surface area (Å²) in [4.78, 5) is 1.32. The lowest BCUT2D eigenvalue weighted by atomic mass is 9.91. The zero-order valence-electron chi connectivity index (χ0n) is 16.0. The van der Waals surface area contributed by atoms with Gasteiger partial charge in [0.05, 0.1) is 41.7 Å². The van der Waals surface area contributed by atoms with Crippen LogP contribution in [0.25, 0.3) is 6.08 Å². The highest BCUT2D eigenvalue weighted by molar-refractivity contribution is 5.61. The molecule has 2 unspecified atom stereocenters. The number of ether oxygens (including phenoxy) is 4. The molecule has 0 fully saturated rings. The van der Waals surface area contributed by atoms with Crippen LogP contribution in [0.1, 0.15) is 22.7 Å². The van der Waals surface area contributed by atoms with Gasteiger partial charge < -0.3 is 23.8 Å². The number of nitrogens with one attached hydrogen (secondary N) is 1. The Morgan fingerprint density at radius 1 is 0.808 bits per heavy atom. The number of hydrogen-bond acceptors (Lipinski definition) is 4. The largest absolute Gasteiger partial charge is 0.493 e. The van der Waals surface area contributed by atoms with Crippen molar-refractivity contribution < 1.29 is 23.8 Å². The number of likely N-dealkylation sites (N-methyl/N-ethyl adjacent to an activating group) is 1. The molecule has 2 atom stereocenters. The van der Waals surface area contributed by atoms with Crippen LogP contribution in [0.3, 0.4) is 0 Å². The summed E-state index contributed by atoms with van der Waals surface area (Å²) in [6, 6.07) is 10.5. The van der Waals surface area contributed by atoms with E-state index in [9.17, 15) is 0 Å². The van der Waals surface area contributed by atoms with E-state index >= 15 is 0 Å². The lowest BCUT2D eigenvalue weighted by Crippen LogP contribution is -3.05. The fraction of sp³-hybridized carbons (Fsp3) is 0.333. The number of methoxy groups -OCH3 is 4. The zero-order valence-corrected chi connectivity index (χ0v) is 16.0. The first kappa shape index (κ1) is 18.1. The quantitative estimate of drug-likeness (QED) is 0.864. The lowest BCUT2D eigenvalue weighted by Gasteiger charge is -2.28. The van der Waals surface area contributed by atoms with Crippen molar-refractivity contribution in [2.24, 2.45) is 0 Å². The summed E-state index contributed by atoms with van der Waals surface area (Å²) < 4.78 is 21.7. The van der Waals surface area contributed by atoms with Crippen molar-refractivity contribution in [2.45, 2.75) is 12.5 Å². The van der Waals surface area contributed by atoms with Gasteiger partial charge in [0.25, 0.3) is 0 Å². The van der Waals surface area contributed by atoms with Gasteiger partial charge in [-0.15, -0.1) is 0 Å². The Bertz CT molecular complexity index is 816. The lowest BCUT2D eigenvalue weighted by molar-refractivity contribution is -0.860. The molecule has 1 aliphatic rings. The second-order valence-corrected chi connectivity index (χ2v) is 6.36. The van der Waals surface area contributed by atoms with Gasteiger partial charge in [0.15, 0.2) is 23.0 Å². The van der Waals surface area contributed by atoms with Gasteiger partial charge in [-0.2, -0.15) is 0 Å². The molecule has 2 aromatic rings. The molecule has 0 amide bonds. The minimum atomic E-state index is 0.271. The summed E-state index contributed by atoms with van der Waals surface area (Å²) in [5.74, 6) is 3.00. The van der Waals surface area contributed by atoms with Crippen LogP contribution in [-0.4, -0.2) is 35.5 Å². The molecule has 5 nitrogen and oxygen atoms in total. The number of hydrogen-bond donors (Lipinski definition) is 1. The third kappa shape index (κ3) is 3.35. The number of quaternary nitrogens is 1. The van der Waals surface area contributed by atoms with Crippen molar-refractivity contribution >= 4 is 6.08 Å². The third-order valence-corrected chi connectivity index (χ3v) is 4.93. The monoisotopic (exact) mass is 356 g/mol. The molecule has 0 aromatic heterocycles. The van der Waals surface area contributed by atoms with Gasteiger partial charge in [-0.1, -0.05) is 6.07 Å². The summed E-state index contributed by atoms with van der Waals surface area (Å²) in [5.41, 5.74) is 3.61. The van der Waals surface area contributed by atoms with Gasteiger partial charge in [0.2, 0.25) is 0 Å². The molecule has 0 saturated carbocycles. The van der Waals surface area contributed by atoms with E-state index in [0.717, 1.165) is 29.4 Å². The van der Waals surface area contributed by atoms with Gasteiger partial charge in [0.1, 0.15) is 6.04 Å². The van der Waals surface area contributed by atoms with Crippen LogP contribution in [0.2, 0.25) is 0 Å². The van der Waals surface area contributed by atoms with E-state index in [-0.39, 0.29) is 6.04 Å². The van der Waals surface area contributed by atoms with Crippen molar-refractivity contribution in [2.75, 3.05) is 35.5 Å². The maximum absolute atomic E-state index is 5.51. The van der Waals surface area contributed by atoms with Gasteiger partial charge >= 0.3 is 0 Å². The van der Waals surface area contributed by atoms with Crippen LogP contribution in [0.15, 0.2) is 36.5 Å². The second-order valence-electron chi connectivity index (χ2n) is 6.36. The predicted octanol–water partition coefficient (Wildman–Crippen LogP) is 2.50. The Hall–Kier alpha value is -2.66. The molecule has 0 spiro atoms. The highest BCUT2D eigenvalue weighted by atomic mass is 16.5. The van der Waals surface area contributed by atoms with E-state index in [4.69, 9.17) is 18.9 Å². The Balaban J connectivity index is 1.97. The topological polar surface area (TPSA) is 41.4 Å². The van der Waals surface area contributed by atoms with E-state index in [0.29, 0.717) is 0 Å². The van der Waals surface area contributed by atoms with E-state index in [1.165, 1.54) is 21.6 Å². The van der Waals surface area contributed by atoms with E-state index in [1.807, 2.05) is 18.2 Å². The molecular weight excluding hydrogens is 330 g/mol. The molecular formula is C21H26NO4+. The van der Waals surface area contributed by atoms with Crippen LogP contribution in [0.5, 0.6) is 23.0 Å². The molecule has 5 heteroatoms. The highest BCUT2D eigenvalue weighted by Gasteiger charge is 2.28. The smallest absolute Gasteiger partial charge is 0.161 e. The van der Waals surface area contributed by atoms with Crippen LogP contribution in [-0.2, 0) is 6.42 Å². The van der Waals surface area contributed by atoms with Crippen molar-refractivity contribution in [3.8, 4) is 23.0 Å². The molecule has 138 valence electrons. The highest BCUT2D eigenvalue weighted by Crippen LogP contribution is 2.36. The molecule has 0 radical (unpaired) electrons. The molecule has 2 aromatic carbocycles. The molecule has 26 heavy (non-hydrogen) atoms. The molecule has 1 heterocycles. The third-order valence-electron chi connectivity index (χ3n) is 4.93. The van der Waals surface area contributed by atoms with E-state index < -0.39 is 0 Å². The average Bonchev–Trinajstić information content (AvgIpc) is 2.68. The first-order valence-corrected chi connectivity index (χ1v) is 8.59. The summed E-state index contributed by atoms with van der Waals surface area (Å²) in [6.07, 6.45) is 5.19. The minimum absolute atomic E-state index is 0.271. The van der Waals surface area contributed by atoms with Gasteiger partial charge in [-0.3, -0.25) is 0 Å². The first-order valence-electron chi connectivity index (χ1n) is 8.59. The predicted molar refractivity (Wildman–Crippen MR) is 101 cm³/mol. The zero-order chi connectivity index (χ0) is 18.7. The Kier molecular flexibility index (Phi) is 5.38. The molecule has 3 rings (SSSR count). The number of benzene rings is 2. The van der Waals surface area contributed by atoms with Crippen molar-refractivity contribution in [3.05, 3.63) is 53.2 Å².